The van der Waals surface area contributed by atoms with Crippen LogP contribution in [0.4, 0.5) is 0 Å². The van der Waals surface area contributed by atoms with E-state index >= 15 is 0 Å². The van der Waals surface area contributed by atoms with Crippen molar-refractivity contribution >= 4 is 16.4 Å². The van der Waals surface area contributed by atoms with Crippen molar-refractivity contribution in [3.8, 4) is 0 Å². The van der Waals surface area contributed by atoms with E-state index in [-0.39, 0.29) is 19.6 Å². The van der Waals surface area contributed by atoms with Gasteiger partial charge in [0.05, 0.1) is 19.8 Å². The van der Waals surface area contributed by atoms with Gasteiger partial charge < -0.3 is 34.3 Å². The molecule has 0 aromatic rings. The molecule has 0 aromatic carbocycles. The van der Waals surface area contributed by atoms with Crippen molar-refractivity contribution in [1.82, 2.24) is 0 Å². The summed E-state index contributed by atoms with van der Waals surface area (Å²) in [6.45, 7) is 3.78. The Morgan fingerprint density at radius 2 is 1.01 bits per heavy atom. The number of aliphatic hydroxyl groups excluding tert-OH is 3. The standard InChI is InChI=1S/C55H96O12S/c1-3-5-7-9-11-13-15-17-19-21-23-24-25-26-27-28-30-32-34-36-38-40-42-44-51(57)65-49(48-64-55-53(59)54(67-68(60,61)62)52(58)50(46-56)66-55)47-63-45-43-41-39-37-35-33-31-29-22-20-18-16-14-12-10-8-6-4-2/h6,8,12,14,18,20-21,23,29,31,35,37,49-50,52-56,58-59H,3-5,7,9-11,13,15-17,19,22,24-28,30,32-34,36,38-48H2,1-2H3,(H,60,61,62)/b8-6-,14-12-,20-18-,23-21-,31-29-,37-35-. The molecule has 12 nitrogen and oxygen atoms in total. The Morgan fingerprint density at radius 3 is 1.50 bits per heavy atom. The van der Waals surface area contributed by atoms with Gasteiger partial charge in [-0.3, -0.25) is 9.35 Å². The summed E-state index contributed by atoms with van der Waals surface area (Å²) >= 11 is 0. The number of aliphatic hydroxyl groups is 3. The topological polar surface area (TPSA) is 178 Å². The van der Waals surface area contributed by atoms with Gasteiger partial charge in [-0.05, 0) is 83.5 Å². The van der Waals surface area contributed by atoms with Gasteiger partial charge in [0.1, 0.15) is 30.5 Å². The summed E-state index contributed by atoms with van der Waals surface area (Å²) in [5, 5.41) is 30.8. The highest BCUT2D eigenvalue weighted by Crippen LogP contribution is 2.26. The zero-order valence-corrected chi connectivity index (χ0v) is 43.2. The van der Waals surface area contributed by atoms with Crippen LogP contribution in [0.2, 0.25) is 0 Å². The molecular formula is C55H96O12S. The molecule has 1 aliphatic heterocycles. The molecule has 0 bridgehead atoms. The fourth-order valence-corrected chi connectivity index (χ4v) is 8.32. The van der Waals surface area contributed by atoms with Crippen LogP contribution in [-0.4, -0.2) is 97.5 Å². The van der Waals surface area contributed by atoms with Crippen LogP contribution in [0.5, 0.6) is 0 Å². The SMILES string of the molecule is CC/C=C\C/C=C\C/C=C\C/C=C\C/C=C\CCCCOCC(COC1OC(CO)C(O)C(OS(=O)(=O)O)C1O)OC(=O)CCCCCCCCCCCCC/C=C\CCCCCCCCCC. The van der Waals surface area contributed by atoms with E-state index in [1.54, 1.807) is 0 Å². The van der Waals surface area contributed by atoms with Gasteiger partial charge in [-0.1, -0.05) is 189 Å². The molecule has 1 fully saturated rings. The lowest BCUT2D eigenvalue weighted by Gasteiger charge is -2.41. The van der Waals surface area contributed by atoms with Crippen molar-refractivity contribution in [2.45, 2.75) is 243 Å². The number of carbonyl (C=O) groups excluding carboxylic acids is 1. The summed E-state index contributed by atoms with van der Waals surface area (Å²) in [6, 6.07) is 0. The molecule has 4 N–H and O–H groups in total. The van der Waals surface area contributed by atoms with Crippen molar-refractivity contribution in [2.75, 3.05) is 26.4 Å². The number of carbonyl (C=O) groups is 1. The summed E-state index contributed by atoms with van der Waals surface area (Å²) in [7, 11) is -5.07. The first-order chi connectivity index (χ1) is 33.1. The van der Waals surface area contributed by atoms with Gasteiger partial charge in [0.15, 0.2) is 6.29 Å². The maximum absolute atomic E-state index is 12.9. The fraction of sp³-hybridized carbons (Fsp3) is 0.764. The van der Waals surface area contributed by atoms with Crippen molar-refractivity contribution < 1.29 is 56.2 Å². The zero-order valence-electron chi connectivity index (χ0n) is 42.4. The van der Waals surface area contributed by atoms with Gasteiger partial charge in [0.2, 0.25) is 0 Å². The molecule has 6 atom stereocenters. The fourth-order valence-electron chi connectivity index (χ4n) is 7.81. The Balaban J connectivity index is 2.36. The molecule has 0 aromatic heterocycles. The first-order valence-corrected chi connectivity index (χ1v) is 28.1. The number of hydrogen-bond acceptors (Lipinski definition) is 11. The molecule has 394 valence electrons. The highest BCUT2D eigenvalue weighted by atomic mass is 32.3. The van der Waals surface area contributed by atoms with E-state index in [0.717, 1.165) is 70.6 Å². The minimum absolute atomic E-state index is 0.00365. The van der Waals surface area contributed by atoms with Crippen molar-refractivity contribution in [3.05, 3.63) is 72.9 Å². The summed E-state index contributed by atoms with van der Waals surface area (Å²) in [4.78, 5) is 12.9. The van der Waals surface area contributed by atoms with Gasteiger partial charge in [-0.2, -0.15) is 8.42 Å². The van der Waals surface area contributed by atoms with Crippen LogP contribution in [-0.2, 0) is 38.3 Å². The largest absolute Gasteiger partial charge is 0.457 e. The smallest absolute Gasteiger partial charge is 0.397 e. The Hall–Kier alpha value is -2.46. The summed E-state index contributed by atoms with van der Waals surface area (Å²) < 4.78 is 59.2. The number of rotatable bonds is 46. The molecule has 1 saturated heterocycles. The third kappa shape index (κ3) is 38.3. The summed E-state index contributed by atoms with van der Waals surface area (Å²) in [6.07, 6.45) is 50.9. The predicted molar refractivity (Wildman–Crippen MR) is 276 cm³/mol. The van der Waals surface area contributed by atoms with Crippen LogP contribution in [0.25, 0.3) is 0 Å². The van der Waals surface area contributed by atoms with Gasteiger partial charge in [0, 0.05) is 13.0 Å². The molecule has 0 aliphatic carbocycles. The van der Waals surface area contributed by atoms with Gasteiger partial charge in [-0.15, -0.1) is 0 Å². The third-order valence-corrected chi connectivity index (χ3v) is 12.3. The quantitative estimate of drug-likeness (QED) is 0.0197. The minimum atomic E-state index is -5.07. The molecule has 0 spiro atoms. The third-order valence-electron chi connectivity index (χ3n) is 11.8. The Morgan fingerprint density at radius 1 is 0.574 bits per heavy atom. The van der Waals surface area contributed by atoms with Crippen LogP contribution in [0.3, 0.4) is 0 Å². The lowest BCUT2D eigenvalue weighted by atomic mass is 9.99. The Bertz CT molecular complexity index is 1460. The van der Waals surface area contributed by atoms with Crippen LogP contribution in [0.15, 0.2) is 72.9 Å². The van der Waals surface area contributed by atoms with Crippen LogP contribution in [0.1, 0.15) is 206 Å². The lowest BCUT2D eigenvalue weighted by Crippen LogP contribution is -2.60. The lowest BCUT2D eigenvalue weighted by molar-refractivity contribution is -0.301. The van der Waals surface area contributed by atoms with Crippen molar-refractivity contribution in [1.29, 1.82) is 0 Å². The van der Waals surface area contributed by atoms with E-state index < -0.39 is 59.8 Å². The zero-order chi connectivity index (χ0) is 49.6. The van der Waals surface area contributed by atoms with Crippen LogP contribution < -0.4 is 0 Å². The Kier molecular flexibility index (Phi) is 42.7. The second-order valence-electron chi connectivity index (χ2n) is 18.1. The molecule has 1 heterocycles. The number of esters is 1. The molecule has 6 unspecified atom stereocenters. The second-order valence-corrected chi connectivity index (χ2v) is 19.1. The van der Waals surface area contributed by atoms with Crippen molar-refractivity contribution in [2.24, 2.45) is 0 Å². The highest BCUT2D eigenvalue weighted by molar-refractivity contribution is 7.80. The average molecular weight is 981 g/mol. The van der Waals surface area contributed by atoms with E-state index in [1.165, 1.54) is 109 Å². The first-order valence-electron chi connectivity index (χ1n) is 26.7. The molecule has 1 rings (SSSR count). The normalized spacial score (nSPS) is 19.9. The van der Waals surface area contributed by atoms with Crippen molar-refractivity contribution in [3.63, 3.8) is 0 Å². The van der Waals surface area contributed by atoms with Crippen LogP contribution >= 0.6 is 0 Å². The molecule has 1 aliphatic rings. The maximum Gasteiger partial charge on any atom is 0.397 e. The average Bonchev–Trinajstić information content (AvgIpc) is 3.31. The molecule has 0 saturated carbocycles. The summed E-state index contributed by atoms with van der Waals surface area (Å²) in [5.74, 6) is -0.416. The molecule has 0 radical (unpaired) electrons. The molecule has 0 amide bonds. The first kappa shape index (κ1) is 63.6. The van der Waals surface area contributed by atoms with E-state index in [2.05, 4.69) is 90.9 Å². The van der Waals surface area contributed by atoms with Gasteiger partial charge in [0.25, 0.3) is 0 Å². The molecular weight excluding hydrogens is 885 g/mol. The van der Waals surface area contributed by atoms with E-state index in [1.807, 2.05) is 0 Å². The number of allylic oxidation sites excluding steroid dienone is 12. The van der Waals surface area contributed by atoms with E-state index in [4.69, 9.17) is 18.9 Å². The van der Waals surface area contributed by atoms with Gasteiger partial charge in [-0.25, -0.2) is 4.18 Å². The Labute approximate surface area is 413 Å². The van der Waals surface area contributed by atoms with Gasteiger partial charge >= 0.3 is 16.4 Å². The highest BCUT2D eigenvalue weighted by Gasteiger charge is 2.48. The number of hydrogen-bond donors (Lipinski definition) is 4. The van der Waals surface area contributed by atoms with Crippen LogP contribution in [0, 0.1) is 0 Å². The van der Waals surface area contributed by atoms with E-state index in [0.29, 0.717) is 13.0 Å². The van der Waals surface area contributed by atoms with E-state index in [9.17, 15) is 33.1 Å². The maximum atomic E-state index is 12.9. The monoisotopic (exact) mass is 981 g/mol. The minimum Gasteiger partial charge on any atom is -0.457 e. The number of unbranched alkanes of at least 4 members (excludes halogenated alkanes) is 21. The molecule has 13 heteroatoms. The second kappa shape index (κ2) is 45.7. The summed E-state index contributed by atoms with van der Waals surface area (Å²) in [5.41, 5.74) is 0. The predicted octanol–water partition coefficient (Wildman–Crippen LogP) is 12.6. The molecule has 68 heavy (non-hydrogen) atoms. The number of ether oxygens (including phenoxy) is 4.